The molecule has 0 spiro atoms. The number of amides is 1. The van der Waals surface area contributed by atoms with Crippen LogP contribution in [0, 0.1) is 17.2 Å². The minimum absolute atomic E-state index is 0.0177. The first-order chi connectivity index (χ1) is 8.59. The molecular weight excluding hydrogens is 275 g/mol. The van der Waals surface area contributed by atoms with Gasteiger partial charge in [0.1, 0.15) is 0 Å². The standard InChI is InChI=1S/C10H9F5N2O2/c11-9(12)5-17(8(19)10(13,14)15)4-2-6(9)7(18)1-3-16/h6H,1-2,4-5H2. The van der Waals surface area contributed by atoms with Gasteiger partial charge in [0, 0.05) is 6.54 Å². The van der Waals surface area contributed by atoms with Crippen LogP contribution >= 0.6 is 0 Å². The molecule has 1 atom stereocenters. The number of alkyl halides is 5. The summed E-state index contributed by atoms with van der Waals surface area (Å²) in [5, 5.41) is 8.26. The summed E-state index contributed by atoms with van der Waals surface area (Å²) < 4.78 is 63.4. The summed E-state index contributed by atoms with van der Waals surface area (Å²) >= 11 is 0. The summed E-state index contributed by atoms with van der Waals surface area (Å²) in [4.78, 5) is 22.1. The zero-order chi connectivity index (χ0) is 14.8. The van der Waals surface area contributed by atoms with Gasteiger partial charge in [0.05, 0.1) is 25.0 Å². The Morgan fingerprint density at radius 3 is 2.37 bits per heavy atom. The van der Waals surface area contributed by atoms with Crippen LogP contribution in [0.15, 0.2) is 0 Å². The van der Waals surface area contributed by atoms with E-state index in [9.17, 15) is 31.5 Å². The third-order valence-corrected chi connectivity index (χ3v) is 2.77. The largest absolute Gasteiger partial charge is 0.471 e. The minimum Gasteiger partial charge on any atom is -0.329 e. The van der Waals surface area contributed by atoms with E-state index in [0.717, 1.165) is 0 Å². The normalized spacial score (nSPS) is 22.7. The van der Waals surface area contributed by atoms with E-state index in [1.165, 1.54) is 6.07 Å². The third-order valence-electron chi connectivity index (χ3n) is 2.77. The van der Waals surface area contributed by atoms with Crippen molar-refractivity contribution in [3.05, 3.63) is 0 Å². The summed E-state index contributed by atoms with van der Waals surface area (Å²) in [7, 11) is 0. The Morgan fingerprint density at radius 2 is 1.95 bits per heavy atom. The molecule has 1 fully saturated rings. The highest BCUT2D eigenvalue weighted by Gasteiger charge is 2.52. The first kappa shape index (κ1) is 15.3. The van der Waals surface area contributed by atoms with Crippen LogP contribution in [0.4, 0.5) is 22.0 Å². The van der Waals surface area contributed by atoms with Crippen LogP contribution < -0.4 is 0 Å². The molecule has 0 aromatic heterocycles. The van der Waals surface area contributed by atoms with Crippen molar-refractivity contribution < 1.29 is 31.5 Å². The smallest absolute Gasteiger partial charge is 0.329 e. The van der Waals surface area contributed by atoms with E-state index in [1.54, 1.807) is 0 Å². The van der Waals surface area contributed by atoms with E-state index in [1.807, 2.05) is 0 Å². The maximum atomic E-state index is 13.5. The number of carbonyl (C=O) groups is 2. The van der Waals surface area contributed by atoms with Crippen LogP contribution in [0.2, 0.25) is 0 Å². The maximum absolute atomic E-state index is 13.5. The van der Waals surface area contributed by atoms with E-state index >= 15 is 0 Å². The Labute approximate surface area is 104 Å². The fraction of sp³-hybridized carbons (Fsp3) is 0.700. The molecule has 106 valence electrons. The lowest BCUT2D eigenvalue weighted by Crippen LogP contribution is -2.55. The second-order valence-corrected chi connectivity index (χ2v) is 4.13. The molecule has 0 bridgehead atoms. The second-order valence-electron chi connectivity index (χ2n) is 4.13. The molecule has 1 aliphatic heterocycles. The fourth-order valence-electron chi connectivity index (χ4n) is 1.89. The lowest BCUT2D eigenvalue weighted by molar-refractivity contribution is -0.196. The Hall–Kier alpha value is -1.72. The molecule has 9 heteroatoms. The SMILES string of the molecule is N#CCC(=O)C1CCN(C(=O)C(F)(F)F)CC1(F)F. The Kier molecular flexibility index (Phi) is 4.12. The number of halogens is 5. The molecule has 19 heavy (non-hydrogen) atoms. The van der Waals surface area contributed by atoms with Crippen molar-refractivity contribution in [1.82, 2.24) is 4.90 Å². The van der Waals surface area contributed by atoms with Gasteiger partial charge in [-0.15, -0.1) is 0 Å². The van der Waals surface area contributed by atoms with Crippen molar-refractivity contribution in [2.45, 2.75) is 24.9 Å². The van der Waals surface area contributed by atoms with E-state index in [4.69, 9.17) is 5.26 Å². The average molecular weight is 284 g/mol. The van der Waals surface area contributed by atoms with E-state index in [-0.39, 0.29) is 4.90 Å². The molecule has 1 heterocycles. The Balaban J connectivity index is 2.81. The number of rotatable bonds is 2. The third kappa shape index (κ3) is 3.39. The van der Waals surface area contributed by atoms with Gasteiger partial charge < -0.3 is 4.90 Å². The number of nitrogens with zero attached hydrogens (tertiary/aromatic N) is 2. The molecule has 0 saturated carbocycles. The van der Waals surface area contributed by atoms with E-state index in [0.29, 0.717) is 0 Å². The molecule has 1 amide bonds. The van der Waals surface area contributed by atoms with Gasteiger partial charge in [-0.1, -0.05) is 0 Å². The summed E-state index contributed by atoms with van der Waals surface area (Å²) in [5.41, 5.74) is 0. The quantitative estimate of drug-likeness (QED) is 0.722. The van der Waals surface area contributed by atoms with E-state index in [2.05, 4.69) is 0 Å². The highest BCUT2D eigenvalue weighted by molar-refractivity contribution is 5.85. The van der Waals surface area contributed by atoms with Gasteiger partial charge in [0.15, 0.2) is 5.78 Å². The number of carbonyl (C=O) groups excluding carboxylic acids is 2. The number of piperidine rings is 1. The predicted molar refractivity (Wildman–Crippen MR) is 50.9 cm³/mol. The average Bonchev–Trinajstić information content (AvgIpc) is 2.25. The minimum atomic E-state index is -5.22. The maximum Gasteiger partial charge on any atom is 0.471 e. The van der Waals surface area contributed by atoms with Gasteiger partial charge in [-0.25, -0.2) is 8.78 Å². The summed E-state index contributed by atoms with van der Waals surface area (Å²) in [5.74, 6) is -8.94. The predicted octanol–water partition coefficient (Wildman–Crippen LogP) is 1.52. The van der Waals surface area contributed by atoms with Crippen LogP contribution in [0.1, 0.15) is 12.8 Å². The van der Waals surface area contributed by atoms with Crippen LogP contribution in [0.25, 0.3) is 0 Å². The zero-order valence-corrected chi connectivity index (χ0v) is 9.51. The zero-order valence-electron chi connectivity index (χ0n) is 9.51. The van der Waals surface area contributed by atoms with Gasteiger partial charge in [-0.2, -0.15) is 18.4 Å². The van der Waals surface area contributed by atoms with Crippen molar-refractivity contribution in [1.29, 1.82) is 5.26 Å². The van der Waals surface area contributed by atoms with E-state index < -0.39 is 55.6 Å². The summed E-state index contributed by atoms with van der Waals surface area (Å²) in [6.45, 7) is -2.05. The van der Waals surface area contributed by atoms with Gasteiger partial charge in [-0.3, -0.25) is 9.59 Å². The monoisotopic (exact) mass is 284 g/mol. The molecule has 0 radical (unpaired) electrons. The number of hydrogen-bond acceptors (Lipinski definition) is 3. The number of hydrogen-bond donors (Lipinski definition) is 0. The fourth-order valence-corrected chi connectivity index (χ4v) is 1.89. The number of nitriles is 1. The van der Waals surface area contributed by atoms with Crippen molar-refractivity contribution >= 4 is 11.7 Å². The van der Waals surface area contributed by atoms with Gasteiger partial charge in [0.2, 0.25) is 0 Å². The Bertz CT molecular complexity index is 427. The van der Waals surface area contributed by atoms with Crippen molar-refractivity contribution in [2.75, 3.05) is 13.1 Å². The lowest BCUT2D eigenvalue weighted by atomic mass is 9.87. The first-order valence-electron chi connectivity index (χ1n) is 5.23. The van der Waals surface area contributed by atoms with Crippen molar-refractivity contribution in [3.8, 4) is 6.07 Å². The van der Waals surface area contributed by atoms with Crippen molar-refractivity contribution in [3.63, 3.8) is 0 Å². The summed E-state index contributed by atoms with van der Waals surface area (Å²) in [6.07, 6.45) is -6.54. The van der Waals surface area contributed by atoms with Gasteiger partial charge in [0.25, 0.3) is 5.92 Å². The highest BCUT2D eigenvalue weighted by Crippen LogP contribution is 2.35. The Morgan fingerprint density at radius 1 is 1.37 bits per heavy atom. The van der Waals surface area contributed by atoms with Crippen LogP contribution in [0.5, 0.6) is 0 Å². The van der Waals surface area contributed by atoms with Crippen LogP contribution in [-0.4, -0.2) is 41.8 Å². The molecule has 1 rings (SSSR count). The molecule has 0 N–H and O–H groups in total. The molecule has 4 nitrogen and oxygen atoms in total. The molecule has 1 unspecified atom stereocenters. The topological polar surface area (TPSA) is 61.2 Å². The first-order valence-corrected chi connectivity index (χ1v) is 5.23. The molecule has 1 aliphatic rings. The molecule has 0 aliphatic carbocycles. The number of ketones is 1. The van der Waals surface area contributed by atoms with Crippen LogP contribution in [-0.2, 0) is 9.59 Å². The van der Waals surface area contributed by atoms with Crippen molar-refractivity contribution in [2.24, 2.45) is 5.92 Å². The molecular formula is C10H9F5N2O2. The second kappa shape index (κ2) is 5.11. The molecule has 0 aromatic rings. The highest BCUT2D eigenvalue weighted by atomic mass is 19.4. The van der Waals surface area contributed by atoms with Gasteiger partial charge >= 0.3 is 12.1 Å². The molecule has 1 saturated heterocycles. The van der Waals surface area contributed by atoms with Gasteiger partial charge in [-0.05, 0) is 6.42 Å². The summed E-state index contributed by atoms with van der Waals surface area (Å²) in [6, 6.07) is 1.42. The van der Waals surface area contributed by atoms with Crippen LogP contribution in [0.3, 0.4) is 0 Å². The lowest BCUT2D eigenvalue weighted by Gasteiger charge is -2.37. The number of likely N-dealkylation sites (tertiary alicyclic amines) is 1. The number of Topliss-reactive ketones (excluding diaryl/α,β-unsaturated/α-hetero) is 1. The molecule has 0 aromatic carbocycles.